The Kier molecular flexibility index (Phi) is 3.39. The molecule has 0 amide bonds. The first-order valence-electron chi connectivity index (χ1n) is 7.01. The Labute approximate surface area is 108 Å². The largest absolute Gasteiger partial charge is 0.378 e. The molecule has 3 rings (SSSR count). The second kappa shape index (κ2) is 5.02. The van der Waals surface area contributed by atoms with Gasteiger partial charge in [0.2, 0.25) is 0 Å². The molecule has 4 heteroatoms. The monoisotopic (exact) mass is 250 g/mol. The summed E-state index contributed by atoms with van der Waals surface area (Å²) in [5, 5.41) is 4.66. The molecule has 1 fully saturated rings. The normalized spacial score (nSPS) is 23.4. The van der Waals surface area contributed by atoms with Crippen LogP contribution in [0.15, 0.2) is 6.20 Å². The van der Waals surface area contributed by atoms with Crippen molar-refractivity contribution in [2.24, 2.45) is 5.92 Å². The third kappa shape index (κ3) is 2.59. The molecule has 0 aromatic carbocycles. The summed E-state index contributed by atoms with van der Waals surface area (Å²) in [4.78, 5) is 0. The molecule has 0 saturated heterocycles. The Hall–Kier alpha value is -0.870. The van der Waals surface area contributed by atoms with E-state index in [1.54, 1.807) is 0 Å². The van der Waals surface area contributed by atoms with Crippen molar-refractivity contribution in [1.82, 2.24) is 9.78 Å². The summed E-state index contributed by atoms with van der Waals surface area (Å²) in [5.74, 6) is 0.807. The summed E-state index contributed by atoms with van der Waals surface area (Å²) in [6, 6.07) is 0.406. The summed E-state index contributed by atoms with van der Waals surface area (Å²) in [6.07, 6.45) is 5.84. The van der Waals surface area contributed by atoms with E-state index in [4.69, 9.17) is 9.47 Å². The van der Waals surface area contributed by atoms with E-state index in [0.29, 0.717) is 12.6 Å². The molecule has 0 radical (unpaired) electrons. The van der Waals surface area contributed by atoms with Gasteiger partial charge in [-0.2, -0.15) is 5.10 Å². The van der Waals surface area contributed by atoms with Crippen molar-refractivity contribution in [3.05, 3.63) is 17.5 Å². The van der Waals surface area contributed by atoms with Gasteiger partial charge in [-0.1, -0.05) is 0 Å². The van der Waals surface area contributed by atoms with Crippen LogP contribution in [0.25, 0.3) is 0 Å². The fraction of sp³-hybridized carbons (Fsp3) is 0.786. The molecule has 0 bridgehead atoms. The van der Waals surface area contributed by atoms with Crippen LogP contribution in [0, 0.1) is 5.92 Å². The van der Waals surface area contributed by atoms with E-state index >= 15 is 0 Å². The second-order valence-electron chi connectivity index (χ2n) is 5.70. The van der Waals surface area contributed by atoms with Gasteiger partial charge in [0.25, 0.3) is 0 Å². The fourth-order valence-corrected chi connectivity index (χ4v) is 2.32. The Morgan fingerprint density at radius 2 is 2.28 bits per heavy atom. The predicted octanol–water partition coefficient (Wildman–Crippen LogP) is 2.50. The zero-order valence-electron chi connectivity index (χ0n) is 11.3. The van der Waals surface area contributed by atoms with Crippen LogP contribution < -0.4 is 0 Å². The lowest BCUT2D eigenvalue weighted by Gasteiger charge is -2.21. The molecule has 100 valence electrons. The number of fused-ring (bicyclic) bond motifs is 1. The van der Waals surface area contributed by atoms with Gasteiger partial charge in [-0.05, 0) is 44.6 Å². The van der Waals surface area contributed by atoms with Gasteiger partial charge in [0.1, 0.15) is 6.10 Å². The molecule has 4 nitrogen and oxygen atoms in total. The smallest absolute Gasteiger partial charge is 0.125 e. The molecule has 0 N–H and O–H groups in total. The number of rotatable bonds is 5. The molecule has 2 heterocycles. The van der Waals surface area contributed by atoms with E-state index in [9.17, 15) is 0 Å². The predicted molar refractivity (Wildman–Crippen MR) is 68.6 cm³/mol. The van der Waals surface area contributed by atoms with E-state index in [1.807, 2.05) is 4.68 Å². The van der Waals surface area contributed by atoms with Crippen molar-refractivity contribution in [3.63, 3.8) is 0 Å². The molecule has 18 heavy (non-hydrogen) atoms. The molecule has 1 atom stereocenters. The van der Waals surface area contributed by atoms with Crippen LogP contribution in [0.2, 0.25) is 0 Å². The highest BCUT2D eigenvalue weighted by Gasteiger charge is 2.27. The molecule has 1 aromatic rings. The topological polar surface area (TPSA) is 36.3 Å². The lowest BCUT2D eigenvalue weighted by atomic mass is 10.1. The molecular weight excluding hydrogens is 228 g/mol. The molecule has 0 spiro atoms. The van der Waals surface area contributed by atoms with Crippen molar-refractivity contribution >= 4 is 0 Å². The highest BCUT2D eigenvalue weighted by molar-refractivity contribution is 5.22. The lowest BCUT2D eigenvalue weighted by Crippen LogP contribution is -2.20. The maximum atomic E-state index is 5.80. The first kappa shape index (κ1) is 12.2. The SMILES string of the molecule is CC(C)n1cc2c(n1)C(COCC1CC1)OCC2. The zero-order chi connectivity index (χ0) is 12.5. The Morgan fingerprint density at radius 1 is 1.44 bits per heavy atom. The number of hydrogen-bond acceptors (Lipinski definition) is 3. The second-order valence-corrected chi connectivity index (χ2v) is 5.70. The quantitative estimate of drug-likeness (QED) is 0.805. The van der Waals surface area contributed by atoms with E-state index in [2.05, 4.69) is 25.1 Å². The lowest BCUT2D eigenvalue weighted by molar-refractivity contribution is -0.0295. The summed E-state index contributed by atoms with van der Waals surface area (Å²) in [7, 11) is 0. The standard InChI is InChI=1S/C14H22N2O2/c1-10(2)16-7-12-5-6-18-13(14(12)15-16)9-17-8-11-3-4-11/h7,10-11,13H,3-6,8-9H2,1-2H3. The average Bonchev–Trinajstić information content (AvgIpc) is 3.05. The number of nitrogens with zero attached hydrogens (tertiary/aromatic N) is 2. The molecule has 1 aliphatic carbocycles. The van der Waals surface area contributed by atoms with Crippen molar-refractivity contribution in [2.75, 3.05) is 19.8 Å². The highest BCUT2D eigenvalue weighted by atomic mass is 16.5. The summed E-state index contributed by atoms with van der Waals surface area (Å²) in [6.45, 7) is 6.63. The molecular formula is C14H22N2O2. The minimum atomic E-state index is 0.0347. The van der Waals surface area contributed by atoms with Gasteiger partial charge in [0.05, 0.1) is 18.9 Å². The Morgan fingerprint density at radius 3 is 3.00 bits per heavy atom. The average molecular weight is 250 g/mol. The van der Waals surface area contributed by atoms with Crippen molar-refractivity contribution in [1.29, 1.82) is 0 Å². The zero-order valence-corrected chi connectivity index (χ0v) is 11.3. The van der Waals surface area contributed by atoms with Crippen LogP contribution in [-0.2, 0) is 15.9 Å². The third-order valence-electron chi connectivity index (χ3n) is 3.68. The van der Waals surface area contributed by atoms with Crippen LogP contribution in [-0.4, -0.2) is 29.6 Å². The Balaban J connectivity index is 1.65. The fourth-order valence-electron chi connectivity index (χ4n) is 2.32. The molecule has 1 aromatic heterocycles. The van der Waals surface area contributed by atoms with Crippen molar-refractivity contribution in [3.8, 4) is 0 Å². The van der Waals surface area contributed by atoms with Gasteiger partial charge in [-0.25, -0.2) is 0 Å². The van der Waals surface area contributed by atoms with Crippen molar-refractivity contribution in [2.45, 2.75) is 45.3 Å². The minimum Gasteiger partial charge on any atom is -0.378 e. The van der Waals surface area contributed by atoms with Gasteiger partial charge in [0.15, 0.2) is 0 Å². The number of aromatic nitrogens is 2. The van der Waals surface area contributed by atoms with Gasteiger partial charge >= 0.3 is 0 Å². The molecule has 1 saturated carbocycles. The van der Waals surface area contributed by atoms with Gasteiger partial charge in [0, 0.05) is 18.8 Å². The molecule has 1 aliphatic heterocycles. The Bertz CT molecular complexity index is 410. The van der Waals surface area contributed by atoms with Crippen LogP contribution in [0.4, 0.5) is 0 Å². The first-order chi connectivity index (χ1) is 8.74. The van der Waals surface area contributed by atoms with Gasteiger partial charge in [-0.3, -0.25) is 4.68 Å². The van der Waals surface area contributed by atoms with Crippen LogP contribution in [0.3, 0.4) is 0 Å². The van der Waals surface area contributed by atoms with Crippen LogP contribution in [0.1, 0.15) is 50.1 Å². The van der Waals surface area contributed by atoms with E-state index in [0.717, 1.165) is 31.2 Å². The molecule has 2 aliphatic rings. The summed E-state index contributed by atoms with van der Waals surface area (Å²) in [5.41, 5.74) is 2.42. The highest BCUT2D eigenvalue weighted by Crippen LogP contribution is 2.31. The number of ether oxygens (including phenoxy) is 2. The summed E-state index contributed by atoms with van der Waals surface area (Å²) >= 11 is 0. The van der Waals surface area contributed by atoms with Crippen molar-refractivity contribution < 1.29 is 9.47 Å². The van der Waals surface area contributed by atoms with E-state index in [1.165, 1.54) is 18.4 Å². The number of hydrogen-bond donors (Lipinski definition) is 0. The van der Waals surface area contributed by atoms with E-state index < -0.39 is 0 Å². The first-order valence-corrected chi connectivity index (χ1v) is 7.01. The van der Waals surface area contributed by atoms with E-state index in [-0.39, 0.29) is 6.10 Å². The molecule has 1 unspecified atom stereocenters. The minimum absolute atomic E-state index is 0.0347. The van der Waals surface area contributed by atoms with Gasteiger partial charge < -0.3 is 9.47 Å². The maximum Gasteiger partial charge on any atom is 0.125 e. The van der Waals surface area contributed by atoms with Crippen LogP contribution >= 0.6 is 0 Å². The summed E-state index contributed by atoms with van der Waals surface area (Å²) < 4.78 is 13.6. The van der Waals surface area contributed by atoms with Crippen LogP contribution in [0.5, 0.6) is 0 Å². The third-order valence-corrected chi connectivity index (χ3v) is 3.68. The van der Waals surface area contributed by atoms with Gasteiger partial charge in [-0.15, -0.1) is 0 Å². The maximum absolute atomic E-state index is 5.80.